The summed E-state index contributed by atoms with van der Waals surface area (Å²) in [6.45, 7) is 0. The van der Waals surface area contributed by atoms with Crippen molar-refractivity contribution in [2.75, 3.05) is 0 Å². The first kappa shape index (κ1) is 17.1. The van der Waals surface area contributed by atoms with Crippen LogP contribution in [0.25, 0.3) is 0 Å². The van der Waals surface area contributed by atoms with E-state index in [0.29, 0.717) is 15.8 Å². The number of halogens is 2. The molecule has 0 radical (unpaired) electrons. The van der Waals surface area contributed by atoms with Crippen LogP contribution in [0.1, 0.15) is 21.5 Å². The van der Waals surface area contributed by atoms with Gasteiger partial charge in [0.2, 0.25) is 0 Å². The van der Waals surface area contributed by atoms with Crippen molar-refractivity contribution < 1.29 is 9.63 Å². The van der Waals surface area contributed by atoms with Crippen molar-refractivity contribution in [1.82, 2.24) is 4.98 Å². The summed E-state index contributed by atoms with van der Waals surface area (Å²) < 4.78 is 0. The molecule has 0 aliphatic carbocycles. The summed E-state index contributed by atoms with van der Waals surface area (Å²) in [6.07, 6.45) is 3.27. The largest absolute Gasteiger partial charge is 0.367 e. The lowest BCUT2D eigenvalue weighted by Crippen LogP contribution is -2.08. The summed E-state index contributed by atoms with van der Waals surface area (Å²) in [6, 6.07) is 17.3. The Morgan fingerprint density at radius 2 is 1.52 bits per heavy atom. The van der Waals surface area contributed by atoms with Crippen LogP contribution in [-0.4, -0.2) is 16.7 Å². The zero-order valence-electron chi connectivity index (χ0n) is 12.9. The van der Waals surface area contributed by atoms with Crippen LogP contribution in [-0.2, 0) is 4.84 Å². The maximum atomic E-state index is 12.2. The third-order valence-corrected chi connectivity index (χ3v) is 3.97. The normalized spacial score (nSPS) is 11.2. The highest BCUT2D eigenvalue weighted by atomic mass is 35.5. The van der Waals surface area contributed by atoms with Gasteiger partial charge < -0.3 is 4.84 Å². The van der Waals surface area contributed by atoms with Crippen LogP contribution in [0.2, 0.25) is 10.0 Å². The summed E-state index contributed by atoms with van der Waals surface area (Å²) in [5, 5.41) is 4.96. The lowest BCUT2D eigenvalue weighted by atomic mass is 10.0. The lowest BCUT2D eigenvalue weighted by Gasteiger charge is -2.07. The molecule has 0 N–H and O–H groups in total. The maximum Gasteiger partial charge on any atom is 0.367 e. The van der Waals surface area contributed by atoms with E-state index in [1.807, 2.05) is 0 Å². The summed E-state index contributed by atoms with van der Waals surface area (Å²) in [5.41, 5.74) is 2.24. The molecule has 124 valence electrons. The molecule has 0 unspecified atom stereocenters. The second-order valence-corrected chi connectivity index (χ2v) is 5.88. The molecule has 0 saturated carbocycles. The van der Waals surface area contributed by atoms with Crippen molar-refractivity contribution in [2.24, 2.45) is 5.16 Å². The van der Waals surface area contributed by atoms with Crippen molar-refractivity contribution in [3.8, 4) is 0 Å². The van der Waals surface area contributed by atoms with Crippen LogP contribution in [0, 0.1) is 0 Å². The average Bonchev–Trinajstić information content (AvgIpc) is 2.64. The first-order valence-corrected chi connectivity index (χ1v) is 8.11. The Morgan fingerprint density at radius 3 is 2.20 bits per heavy atom. The highest BCUT2D eigenvalue weighted by molar-refractivity contribution is 6.33. The molecule has 0 fully saturated rings. The van der Waals surface area contributed by atoms with Crippen molar-refractivity contribution in [1.29, 1.82) is 0 Å². The SMILES string of the molecule is O=C(ON=C(c1ccncc1)c1ccc(Cl)cc1)c1ccccc1Cl. The Balaban J connectivity index is 1.94. The Bertz CT molecular complexity index is 910. The van der Waals surface area contributed by atoms with Gasteiger partial charge in [0.25, 0.3) is 0 Å². The van der Waals surface area contributed by atoms with Gasteiger partial charge in [0.05, 0.1) is 10.6 Å². The van der Waals surface area contributed by atoms with Gasteiger partial charge in [-0.2, -0.15) is 0 Å². The molecule has 1 aromatic heterocycles. The molecule has 3 aromatic rings. The summed E-state index contributed by atoms with van der Waals surface area (Å²) in [4.78, 5) is 21.3. The van der Waals surface area contributed by atoms with Crippen LogP contribution in [0.5, 0.6) is 0 Å². The summed E-state index contributed by atoms with van der Waals surface area (Å²) in [5.74, 6) is -0.633. The molecule has 0 amide bonds. The number of aromatic nitrogens is 1. The minimum absolute atomic E-state index is 0.248. The van der Waals surface area contributed by atoms with Gasteiger partial charge in [0.1, 0.15) is 5.71 Å². The van der Waals surface area contributed by atoms with E-state index in [2.05, 4.69) is 10.1 Å². The van der Waals surface area contributed by atoms with E-state index in [4.69, 9.17) is 28.0 Å². The van der Waals surface area contributed by atoms with E-state index in [1.54, 1.807) is 73.1 Å². The first-order valence-electron chi connectivity index (χ1n) is 7.35. The Labute approximate surface area is 154 Å². The minimum atomic E-state index is -0.633. The molecule has 0 saturated heterocycles. The lowest BCUT2D eigenvalue weighted by molar-refractivity contribution is 0.0517. The number of benzene rings is 2. The molecule has 0 spiro atoms. The van der Waals surface area contributed by atoms with Crippen molar-refractivity contribution in [2.45, 2.75) is 0 Å². The summed E-state index contributed by atoms with van der Waals surface area (Å²) in [7, 11) is 0. The predicted molar refractivity (Wildman–Crippen MR) is 98.2 cm³/mol. The van der Waals surface area contributed by atoms with E-state index in [-0.39, 0.29) is 5.56 Å². The number of rotatable bonds is 4. The van der Waals surface area contributed by atoms with Crippen molar-refractivity contribution >= 4 is 34.9 Å². The number of pyridine rings is 1. The van der Waals surface area contributed by atoms with Gasteiger partial charge in [-0.25, -0.2) is 4.79 Å². The van der Waals surface area contributed by atoms with Crippen LogP contribution >= 0.6 is 23.2 Å². The molecule has 1 heterocycles. The smallest absolute Gasteiger partial charge is 0.312 e. The molecule has 25 heavy (non-hydrogen) atoms. The molecule has 4 nitrogen and oxygen atoms in total. The van der Waals surface area contributed by atoms with E-state index in [1.165, 1.54) is 0 Å². The molecular formula is C19H12Cl2N2O2. The quantitative estimate of drug-likeness (QED) is 0.369. The number of carbonyl (C=O) groups is 1. The molecule has 2 aromatic carbocycles. The number of hydrogen-bond acceptors (Lipinski definition) is 4. The van der Waals surface area contributed by atoms with Gasteiger partial charge in [0, 0.05) is 28.5 Å². The van der Waals surface area contributed by atoms with Crippen LogP contribution in [0.3, 0.4) is 0 Å². The maximum absolute atomic E-state index is 12.2. The average molecular weight is 371 g/mol. The number of hydrogen-bond donors (Lipinski definition) is 0. The van der Waals surface area contributed by atoms with E-state index < -0.39 is 5.97 Å². The fourth-order valence-corrected chi connectivity index (χ4v) is 2.49. The molecule has 6 heteroatoms. The van der Waals surface area contributed by atoms with Crippen molar-refractivity contribution in [3.05, 3.63) is 99.8 Å². The van der Waals surface area contributed by atoms with E-state index >= 15 is 0 Å². The number of oxime groups is 1. The molecule has 3 rings (SSSR count). The van der Waals surface area contributed by atoms with Crippen LogP contribution in [0.4, 0.5) is 0 Å². The van der Waals surface area contributed by atoms with Crippen molar-refractivity contribution in [3.63, 3.8) is 0 Å². The first-order chi connectivity index (χ1) is 12.1. The Morgan fingerprint density at radius 1 is 0.880 bits per heavy atom. The van der Waals surface area contributed by atoms with Gasteiger partial charge in [0.15, 0.2) is 0 Å². The topological polar surface area (TPSA) is 51.5 Å². The van der Waals surface area contributed by atoms with Gasteiger partial charge in [-0.1, -0.05) is 52.6 Å². The zero-order chi connectivity index (χ0) is 17.6. The second-order valence-electron chi connectivity index (χ2n) is 5.04. The van der Waals surface area contributed by atoms with Gasteiger partial charge >= 0.3 is 5.97 Å². The fraction of sp³-hybridized carbons (Fsp3) is 0. The van der Waals surface area contributed by atoms with Gasteiger partial charge in [-0.05, 0) is 36.4 Å². The number of nitrogens with zero attached hydrogens (tertiary/aromatic N) is 2. The Kier molecular flexibility index (Phi) is 5.43. The molecule has 0 bridgehead atoms. The van der Waals surface area contributed by atoms with E-state index in [9.17, 15) is 4.79 Å². The summed E-state index contributed by atoms with van der Waals surface area (Å²) >= 11 is 12.0. The fourth-order valence-electron chi connectivity index (χ4n) is 2.15. The minimum Gasteiger partial charge on any atom is -0.312 e. The Hall–Kier alpha value is -2.69. The highest BCUT2D eigenvalue weighted by Crippen LogP contribution is 2.18. The molecule has 0 atom stereocenters. The third kappa shape index (κ3) is 4.24. The predicted octanol–water partition coefficient (Wildman–Crippen LogP) is 5.00. The molecule has 0 aliphatic rings. The number of carbonyl (C=O) groups excluding carboxylic acids is 1. The third-order valence-electron chi connectivity index (χ3n) is 3.39. The van der Waals surface area contributed by atoms with E-state index in [0.717, 1.165) is 11.1 Å². The molecular weight excluding hydrogens is 359 g/mol. The standard InChI is InChI=1S/C19H12Cl2N2O2/c20-15-7-5-13(6-8-15)18(14-9-11-22-12-10-14)23-25-19(24)16-3-1-2-4-17(16)21/h1-12H. The highest BCUT2D eigenvalue weighted by Gasteiger charge is 2.13. The second kappa shape index (κ2) is 7.92. The zero-order valence-corrected chi connectivity index (χ0v) is 14.4. The molecule has 0 aliphatic heterocycles. The van der Waals surface area contributed by atoms with Gasteiger partial charge in [-0.3, -0.25) is 4.98 Å². The monoisotopic (exact) mass is 370 g/mol. The van der Waals surface area contributed by atoms with Gasteiger partial charge in [-0.15, -0.1) is 0 Å². The van der Waals surface area contributed by atoms with Crippen LogP contribution < -0.4 is 0 Å². The van der Waals surface area contributed by atoms with Crippen LogP contribution in [0.15, 0.2) is 78.2 Å².